The first-order valence-corrected chi connectivity index (χ1v) is 11.5. The molecule has 0 aliphatic heterocycles. The lowest BCUT2D eigenvalue weighted by Crippen LogP contribution is -2.23. The summed E-state index contributed by atoms with van der Waals surface area (Å²) in [5.41, 5.74) is 4.48. The van der Waals surface area contributed by atoms with Gasteiger partial charge < -0.3 is 14.8 Å². The van der Waals surface area contributed by atoms with Crippen LogP contribution >= 0.6 is 11.3 Å². The van der Waals surface area contributed by atoms with Gasteiger partial charge in [-0.25, -0.2) is 4.98 Å². The summed E-state index contributed by atoms with van der Waals surface area (Å²) in [6.45, 7) is 2.94. The number of carbonyl (C=O) groups is 1. The Labute approximate surface area is 195 Å². The zero-order valence-electron chi connectivity index (χ0n) is 18.4. The van der Waals surface area contributed by atoms with Crippen LogP contribution in [0.25, 0.3) is 26.4 Å². The zero-order chi connectivity index (χ0) is 22.8. The number of ether oxygens (including phenoxy) is 2. The van der Waals surface area contributed by atoms with Gasteiger partial charge in [-0.15, -0.1) is 0 Å². The van der Waals surface area contributed by atoms with Gasteiger partial charge in [0.1, 0.15) is 11.5 Å². The number of hydrogen-bond donors (Lipinski definition) is 1. The molecule has 0 fully saturated rings. The van der Waals surface area contributed by atoms with E-state index in [0.717, 1.165) is 43.5 Å². The van der Waals surface area contributed by atoms with E-state index in [-0.39, 0.29) is 5.91 Å². The Bertz CT molecular complexity index is 1450. The third-order valence-electron chi connectivity index (χ3n) is 5.43. The van der Waals surface area contributed by atoms with Gasteiger partial charge in [0.15, 0.2) is 4.96 Å². The van der Waals surface area contributed by atoms with Crippen LogP contribution in [0, 0.1) is 0 Å². The van der Waals surface area contributed by atoms with Crippen molar-refractivity contribution in [2.24, 2.45) is 0 Å². The van der Waals surface area contributed by atoms with Gasteiger partial charge in [-0.3, -0.25) is 9.20 Å². The highest BCUT2D eigenvalue weighted by atomic mass is 32.1. The van der Waals surface area contributed by atoms with Gasteiger partial charge in [0.2, 0.25) is 0 Å². The molecule has 0 bridgehead atoms. The Balaban J connectivity index is 1.38. The van der Waals surface area contributed by atoms with E-state index in [1.54, 1.807) is 18.4 Å². The Hall–Kier alpha value is -3.84. The zero-order valence-corrected chi connectivity index (χ0v) is 19.2. The molecule has 0 aliphatic carbocycles. The number of hydrogen-bond acceptors (Lipinski definition) is 5. The highest BCUT2D eigenvalue weighted by molar-refractivity contribution is 7.23. The van der Waals surface area contributed by atoms with Crippen molar-refractivity contribution in [1.29, 1.82) is 0 Å². The van der Waals surface area contributed by atoms with Crippen molar-refractivity contribution in [1.82, 2.24) is 14.7 Å². The molecule has 33 heavy (non-hydrogen) atoms. The molecular formula is C26H23N3O3S. The second-order valence-corrected chi connectivity index (χ2v) is 8.53. The lowest BCUT2D eigenvalue weighted by Gasteiger charge is -2.11. The molecule has 7 heteroatoms. The summed E-state index contributed by atoms with van der Waals surface area (Å²) in [4.78, 5) is 18.5. The molecule has 5 aromatic rings. The van der Waals surface area contributed by atoms with E-state index in [2.05, 4.69) is 9.72 Å². The summed E-state index contributed by atoms with van der Waals surface area (Å²) >= 11 is 1.56. The molecular weight excluding hydrogens is 434 g/mol. The molecule has 1 amide bonds. The summed E-state index contributed by atoms with van der Waals surface area (Å²) in [6.07, 6.45) is 2.02. The maximum absolute atomic E-state index is 12.8. The molecule has 0 spiro atoms. The number of aromatic nitrogens is 2. The van der Waals surface area contributed by atoms with Crippen molar-refractivity contribution in [3.8, 4) is 22.8 Å². The summed E-state index contributed by atoms with van der Waals surface area (Å²) in [6, 6.07) is 21.3. The van der Waals surface area contributed by atoms with Crippen molar-refractivity contribution in [3.63, 3.8) is 0 Å². The molecule has 2 heterocycles. The molecule has 0 saturated heterocycles. The van der Waals surface area contributed by atoms with Crippen LogP contribution in [-0.4, -0.2) is 29.0 Å². The minimum absolute atomic E-state index is 0.119. The van der Waals surface area contributed by atoms with E-state index in [1.807, 2.05) is 79.9 Å². The second-order valence-electron chi connectivity index (χ2n) is 7.52. The highest BCUT2D eigenvalue weighted by Crippen LogP contribution is 2.31. The molecule has 0 aliphatic rings. The normalized spacial score (nSPS) is 11.1. The van der Waals surface area contributed by atoms with E-state index in [9.17, 15) is 4.79 Å². The topological polar surface area (TPSA) is 64.9 Å². The number of rotatable bonds is 7. The van der Waals surface area contributed by atoms with Crippen LogP contribution in [0.2, 0.25) is 0 Å². The Kier molecular flexibility index (Phi) is 5.71. The van der Waals surface area contributed by atoms with Crippen molar-refractivity contribution in [2.45, 2.75) is 13.5 Å². The number of nitrogens with one attached hydrogen (secondary N) is 1. The maximum Gasteiger partial charge on any atom is 0.251 e. The van der Waals surface area contributed by atoms with Crippen LogP contribution in [-0.2, 0) is 6.54 Å². The Morgan fingerprint density at radius 3 is 2.82 bits per heavy atom. The number of methoxy groups -OCH3 is 1. The van der Waals surface area contributed by atoms with Gasteiger partial charge in [0, 0.05) is 29.4 Å². The number of thiazole rings is 1. The molecule has 3 aromatic carbocycles. The first-order valence-electron chi connectivity index (χ1n) is 10.7. The quantitative estimate of drug-likeness (QED) is 0.348. The van der Waals surface area contributed by atoms with E-state index in [0.29, 0.717) is 18.7 Å². The van der Waals surface area contributed by atoms with Crippen molar-refractivity contribution in [3.05, 3.63) is 84.1 Å². The Morgan fingerprint density at radius 2 is 1.97 bits per heavy atom. The molecule has 0 radical (unpaired) electrons. The number of para-hydroxylation sites is 1. The fraction of sp³-hybridized carbons (Fsp3) is 0.154. The van der Waals surface area contributed by atoms with E-state index in [1.165, 1.54) is 0 Å². The second kappa shape index (κ2) is 8.96. The molecule has 0 unspecified atom stereocenters. The molecule has 0 saturated carbocycles. The monoisotopic (exact) mass is 457 g/mol. The smallest absolute Gasteiger partial charge is 0.251 e. The van der Waals surface area contributed by atoms with Gasteiger partial charge in [0.25, 0.3) is 5.91 Å². The fourth-order valence-electron chi connectivity index (χ4n) is 3.79. The largest absolute Gasteiger partial charge is 0.497 e. The highest BCUT2D eigenvalue weighted by Gasteiger charge is 2.14. The van der Waals surface area contributed by atoms with Crippen LogP contribution in [0.1, 0.15) is 22.8 Å². The van der Waals surface area contributed by atoms with Gasteiger partial charge in [-0.2, -0.15) is 0 Å². The predicted molar refractivity (Wildman–Crippen MR) is 131 cm³/mol. The molecule has 5 rings (SSSR count). The summed E-state index contributed by atoms with van der Waals surface area (Å²) in [7, 11) is 1.66. The van der Waals surface area contributed by atoms with Gasteiger partial charge in [-0.1, -0.05) is 41.7 Å². The molecule has 2 aromatic heterocycles. The van der Waals surface area contributed by atoms with Gasteiger partial charge in [0.05, 0.1) is 29.6 Å². The standard InChI is InChI=1S/C26H23N3O3S/c1-3-32-23-10-5-4-7-19(23)15-27-25(30)18-11-12-22-24(14-18)33-26-28-21(16-29(22)26)17-8-6-9-20(13-17)31-2/h4-14,16H,3,15H2,1-2H3,(H,27,30). The SMILES string of the molecule is CCOc1ccccc1CNC(=O)c1ccc2c(c1)sc1nc(-c3cccc(OC)c3)cn12. The first kappa shape index (κ1) is 21.0. The van der Waals surface area contributed by atoms with E-state index < -0.39 is 0 Å². The summed E-state index contributed by atoms with van der Waals surface area (Å²) < 4.78 is 14.0. The first-order chi connectivity index (χ1) is 16.2. The fourth-order valence-corrected chi connectivity index (χ4v) is 4.83. The lowest BCUT2D eigenvalue weighted by atomic mass is 10.1. The number of imidazole rings is 1. The molecule has 0 atom stereocenters. The number of nitrogens with zero attached hydrogens (tertiary/aromatic N) is 2. The average Bonchev–Trinajstić information content (AvgIpc) is 3.41. The molecule has 166 valence electrons. The van der Waals surface area contributed by atoms with E-state index >= 15 is 0 Å². The number of amides is 1. The number of fused-ring (bicyclic) bond motifs is 3. The van der Waals surface area contributed by atoms with Crippen LogP contribution in [0.3, 0.4) is 0 Å². The minimum atomic E-state index is -0.119. The summed E-state index contributed by atoms with van der Waals surface area (Å²) in [5, 5.41) is 3.00. The average molecular weight is 458 g/mol. The predicted octanol–water partition coefficient (Wildman–Crippen LogP) is 5.55. The van der Waals surface area contributed by atoms with Crippen LogP contribution < -0.4 is 14.8 Å². The molecule has 6 nitrogen and oxygen atoms in total. The maximum atomic E-state index is 12.8. The number of benzene rings is 3. The third-order valence-corrected chi connectivity index (χ3v) is 6.45. The van der Waals surface area contributed by atoms with Crippen molar-refractivity contribution in [2.75, 3.05) is 13.7 Å². The van der Waals surface area contributed by atoms with Crippen LogP contribution in [0.15, 0.2) is 72.9 Å². The summed E-state index contributed by atoms with van der Waals surface area (Å²) in [5.74, 6) is 1.47. The van der Waals surface area contributed by atoms with Crippen LogP contribution in [0.4, 0.5) is 0 Å². The minimum Gasteiger partial charge on any atom is -0.497 e. The van der Waals surface area contributed by atoms with Crippen molar-refractivity contribution >= 4 is 32.4 Å². The van der Waals surface area contributed by atoms with Gasteiger partial charge in [-0.05, 0) is 43.3 Å². The Morgan fingerprint density at radius 1 is 1.09 bits per heavy atom. The molecule has 1 N–H and O–H groups in total. The lowest BCUT2D eigenvalue weighted by molar-refractivity contribution is 0.0951. The number of carbonyl (C=O) groups excluding carboxylic acids is 1. The van der Waals surface area contributed by atoms with Crippen molar-refractivity contribution < 1.29 is 14.3 Å². The van der Waals surface area contributed by atoms with E-state index in [4.69, 9.17) is 14.5 Å². The van der Waals surface area contributed by atoms with Crippen LogP contribution in [0.5, 0.6) is 11.5 Å². The third kappa shape index (κ3) is 4.15. The van der Waals surface area contributed by atoms with Gasteiger partial charge >= 0.3 is 0 Å².